The lowest BCUT2D eigenvalue weighted by Crippen LogP contribution is -2.77. The van der Waals surface area contributed by atoms with Crippen molar-refractivity contribution in [2.24, 2.45) is 79.8 Å². The molecule has 32 heavy (non-hydrogen) atoms. The largest absolute Gasteiger partial charge is 0.0654 e. The first-order chi connectivity index (χ1) is 14.7. The Bertz CT molecular complexity index is 798. The van der Waals surface area contributed by atoms with Gasteiger partial charge in [-0.2, -0.15) is 0 Å². The summed E-state index contributed by atoms with van der Waals surface area (Å²) in [7, 11) is 0. The second-order valence-corrected chi connectivity index (χ2v) is 15.4. The Kier molecular flexibility index (Phi) is 4.75. The van der Waals surface area contributed by atoms with Crippen molar-refractivity contribution in [3.05, 3.63) is 0 Å². The Balaban J connectivity index is 1.84. The fraction of sp³-hybridized carbons (Fsp3) is 1.00. The van der Waals surface area contributed by atoms with Gasteiger partial charge in [-0.25, -0.2) is 0 Å². The molecule has 6 fully saturated rings. The average molecular weight is 441 g/mol. The summed E-state index contributed by atoms with van der Waals surface area (Å²) in [6.07, 6.45) is 8.59. The summed E-state index contributed by atoms with van der Waals surface area (Å²) in [5.41, 5.74) is 2.86. The molecule has 6 aliphatic carbocycles. The Hall–Kier alpha value is 0. The van der Waals surface area contributed by atoms with Crippen LogP contribution in [0.5, 0.6) is 0 Å². The molecule has 0 saturated heterocycles. The van der Waals surface area contributed by atoms with Crippen molar-refractivity contribution in [3.8, 4) is 0 Å². The lowest BCUT2D eigenvalue weighted by molar-refractivity contribution is -0.351. The molecule has 0 radical (unpaired) electrons. The van der Waals surface area contributed by atoms with Crippen LogP contribution in [-0.4, -0.2) is 0 Å². The second kappa shape index (κ2) is 6.40. The summed E-state index contributed by atoms with van der Waals surface area (Å²) in [6, 6.07) is 0. The fourth-order valence-electron chi connectivity index (χ4n) is 14.1. The van der Waals surface area contributed by atoms with Gasteiger partial charge in [0.1, 0.15) is 0 Å². The van der Waals surface area contributed by atoms with Crippen molar-refractivity contribution >= 4 is 0 Å². The maximum absolute atomic E-state index is 2.88. The van der Waals surface area contributed by atoms with Gasteiger partial charge in [0.2, 0.25) is 0 Å². The lowest BCUT2D eigenvalue weighted by Gasteiger charge is -2.82. The monoisotopic (exact) mass is 440 g/mol. The molecule has 184 valence electrons. The van der Waals surface area contributed by atoms with Crippen LogP contribution in [0.1, 0.15) is 122 Å². The predicted molar refractivity (Wildman–Crippen MR) is 138 cm³/mol. The van der Waals surface area contributed by atoms with Crippen LogP contribution < -0.4 is 0 Å². The number of hydrogen-bond donors (Lipinski definition) is 0. The van der Waals surface area contributed by atoms with Gasteiger partial charge in [-0.1, -0.05) is 102 Å². The summed E-state index contributed by atoms with van der Waals surface area (Å²) in [5.74, 6) is 7.07. The first kappa shape index (κ1) is 23.7. The van der Waals surface area contributed by atoms with Gasteiger partial charge in [-0.3, -0.25) is 0 Å². The van der Waals surface area contributed by atoms with Crippen molar-refractivity contribution in [1.82, 2.24) is 0 Å². The van der Waals surface area contributed by atoms with E-state index in [1.807, 2.05) is 0 Å². The molecule has 0 spiro atoms. The molecule has 0 aromatic rings. The minimum atomic E-state index is 0.435. The van der Waals surface area contributed by atoms with Gasteiger partial charge in [0, 0.05) is 0 Å². The first-order valence-corrected chi connectivity index (χ1v) is 14.7. The molecule has 4 bridgehead atoms. The van der Waals surface area contributed by atoms with Gasteiger partial charge >= 0.3 is 0 Å². The Morgan fingerprint density at radius 2 is 1.31 bits per heavy atom. The molecule has 0 heteroatoms. The molecule has 0 aliphatic heterocycles. The normalized spacial score (nSPS) is 67.1. The summed E-state index contributed by atoms with van der Waals surface area (Å²) in [5, 5.41) is 0. The Morgan fingerprint density at radius 3 is 1.84 bits per heavy atom. The summed E-state index contributed by atoms with van der Waals surface area (Å²) in [6.45, 7) is 32.7. The lowest BCUT2D eigenvalue weighted by atomic mass is 9.22. The van der Waals surface area contributed by atoms with Crippen LogP contribution >= 0.6 is 0 Å². The molecule has 14 unspecified atom stereocenters. The van der Waals surface area contributed by atoms with Crippen LogP contribution in [0.15, 0.2) is 0 Å². The second-order valence-electron chi connectivity index (χ2n) is 15.4. The van der Waals surface area contributed by atoms with E-state index in [-0.39, 0.29) is 0 Å². The Labute approximate surface area is 201 Å². The van der Waals surface area contributed by atoms with Crippen molar-refractivity contribution in [2.75, 3.05) is 0 Å². The zero-order chi connectivity index (χ0) is 23.9. The molecule has 6 aliphatic rings. The van der Waals surface area contributed by atoms with Crippen LogP contribution in [0.4, 0.5) is 0 Å². The highest BCUT2D eigenvalue weighted by Crippen LogP contribution is 2.97. The molecule has 0 aromatic carbocycles. The number of fused-ring (bicyclic) bond motifs is 3. The van der Waals surface area contributed by atoms with Crippen molar-refractivity contribution in [3.63, 3.8) is 0 Å². The van der Waals surface area contributed by atoms with E-state index in [9.17, 15) is 0 Å². The summed E-state index contributed by atoms with van der Waals surface area (Å²) < 4.78 is 0. The standard InChI is InChI=1S/C32H56/c1-13-15-16-27(7)26-30(10)25-19(3)17-20(4)28(8,32(26,27)12)22(6)31(30,11)29(9)21(5)18-24(29)23(25)14-2/h19-26H,13-18H2,1-12H3. The van der Waals surface area contributed by atoms with E-state index in [0.29, 0.717) is 32.5 Å². The van der Waals surface area contributed by atoms with Crippen LogP contribution in [0.2, 0.25) is 0 Å². The van der Waals surface area contributed by atoms with Crippen LogP contribution in [0, 0.1) is 79.8 Å². The molecule has 0 heterocycles. The molecule has 0 nitrogen and oxygen atoms in total. The molecular weight excluding hydrogens is 384 g/mol. The number of hydrogen-bond acceptors (Lipinski definition) is 0. The van der Waals surface area contributed by atoms with Crippen LogP contribution in [-0.2, 0) is 0 Å². The summed E-state index contributed by atoms with van der Waals surface area (Å²) in [4.78, 5) is 0. The average Bonchev–Trinajstić information content (AvgIpc) is 3.26. The van der Waals surface area contributed by atoms with E-state index in [1.54, 1.807) is 0 Å². The molecular formula is C32H56. The molecule has 14 atom stereocenters. The van der Waals surface area contributed by atoms with Crippen molar-refractivity contribution < 1.29 is 0 Å². The molecule has 0 N–H and O–H groups in total. The van der Waals surface area contributed by atoms with Gasteiger partial charge in [-0.05, 0) is 99.1 Å². The number of unbranched alkanes of at least 4 members (excludes halogenated alkanes) is 1. The quantitative estimate of drug-likeness (QED) is 0.408. The zero-order valence-electron chi connectivity index (χ0n) is 23.9. The highest BCUT2D eigenvalue weighted by atomic mass is 15.0. The van der Waals surface area contributed by atoms with E-state index in [2.05, 4.69) is 83.1 Å². The SMILES string of the molecule is CCCCC1(C)C2C3(C)C4C(C)CC(C)C(C)(C(C)C3(C)C3(C)C(C)CC3C4CC)C21C. The Morgan fingerprint density at radius 1 is 0.719 bits per heavy atom. The van der Waals surface area contributed by atoms with Gasteiger partial charge in [-0.15, -0.1) is 0 Å². The van der Waals surface area contributed by atoms with E-state index in [4.69, 9.17) is 0 Å². The van der Waals surface area contributed by atoms with E-state index in [1.165, 1.54) is 38.5 Å². The smallest absolute Gasteiger partial charge is 0.0171 e. The third-order valence-electron chi connectivity index (χ3n) is 16.0. The summed E-state index contributed by atoms with van der Waals surface area (Å²) >= 11 is 0. The molecule has 6 rings (SSSR count). The maximum atomic E-state index is 2.88. The third-order valence-corrected chi connectivity index (χ3v) is 16.0. The predicted octanol–water partition coefficient (Wildman–Crippen LogP) is 9.48. The molecule has 0 aromatic heterocycles. The van der Waals surface area contributed by atoms with Gasteiger partial charge in [0.05, 0.1) is 0 Å². The van der Waals surface area contributed by atoms with Crippen LogP contribution in [0.3, 0.4) is 0 Å². The third kappa shape index (κ3) is 1.91. The van der Waals surface area contributed by atoms with E-state index in [0.717, 1.165) is 47.3 Å². The minimum absolute atomic E-state index is 0.435. The van der Waals surface area contributed by atoms with Crippen molar-refractivity contribution in [1.29, 1.82) is 0 Å². The number of rotatable bonds is 4. The highest BCUT2D eigenvalue weighted by Gasteiger charge is 2.92. The van der Waals surface area contributed by atoms with Gasteiger partial charge < -0.3 is 0 Å². The van der Waals surface area contributed by atoms with E-state index < -0.39 is 0 Å². The maximum Gasteiger partial charge on any atom is -0.0171 e. The highest BCUT2D eigenvalue weighted by molar-refractivity contribution is 5.39. The molecule has 6 saturated carbocycles. The van der Waals surface area contributed by atoms with Gasteiger partial charge in [0.25, 0.3) is 0 Å². The van der Waals surface area contributed by atoms with Crippen LogP contribution in [0.25, 0.3) is 0 Å². The topological polar surface area (TPSA) is 0 Å². The zero-order valence-corrected chi connectivity index (χ0v) is 23.9. The minimum Gasteiger partial charge on any atom is -0.0654 e. The van der Waals surface area contributed by atoms with Crippen molar-refractivity contribution in [2.45, 2.75) is 122 Å². The van der Waals surface area contributed by atoms with Gasteiger partial charge in [0.15, 0.2) is 0 Å². The molecule has 0 amide bonds. The van der Waals surface area contributed by atoms with E-state index >= 15 is 0 Å². The fourth-order valence-corrected chi connectivity index (χ4v) is 14.1. The first-order valence-electron chi connectivity index (χ1n) is 14.7.